The van der Waals surface area contributed by atoms with Crippen molar-refractivity contribution in [1.82, 2.24) is 0 Å². The van der Waals surface area contributed by atoms with Gasteiger partial charge in [0.25, 0.3) is 0 Å². The first-order valence-corrected chi connectivity index (χ1v) is 2.09. The number of hydrogen-bond acceptors (Lipinski definition) is 0. The van der Waals surface area contributed by atoms with Crippen molar-refractivity contribution in [3.63, 3.8) is 0 Å². The Labute approximate surface area is 44.3 Å². The lowest BCUT2D eigenvalue weighted by Gasteiger charge is -2.05. The smallest absolute Gasteiger partial charge is 0.169 e. The van der Waals surface area contributed by atoms with Gasteiger partial charge in [-0.05, 0) is 6.92 Å². The van der Waals surface area contributed by atoms with Crippen LogP contribution >= 0.6 is 11.6 Å². The maximum Gasteiger partial charge on any atom is 0.404 e. The molecule has 0 aromatic carbocycles. The first kappa shape index (κ1) is 7.08. The van der Waals surface area contributed by atoms with E-state index in [0.717, 1.165) is 6.92 Å². The maximum absolute atomic E-state index is 11.0. The van der Waals surface area contributed by atoms with Gasteiger partial charge in [-0.25, -0.2) is 0 Å². The van der Waals surface area contributed by atoms with Crippen LogP contribution in [0.5, 0.6) is 0 Å². The average Bonchev–Trinajstić information content (AvgIpc) is 1.31. The molecule has 0 aliphatic heterocycles. The zero-order chi connectivity index (χ0) is 6.08. The molecule has 0 nitrogen and oxygen atoms in total. The van der Waals surface area contributed by atoms with E-state index in [2.05, 4.69) is 11.6 Å². The Kier molecular flexibility index (Phi) is 1.92. The van der Waals surface area contributed by atoms with Crippen LogP contribution in [0.15, 0.2) is 0 Å². The van der Waals surface area contributed by atoms with E-state index in [9.17, 15) is 13.2 Å². The van der Waals surface area contributed by atoms with Gasteiger partial charge in [0.2, 0.25) is 0 Å². The summed E-state index contributed by atoms with van der Waals surface area (Å²) in [6.07, 6.45) is -4.23. The van der Waals surface area contributed by atoms with E-state index in [-0.39, 0.29) is 0 Å². The molecule has 0 aromatic rings. The van der Waals surface area contributed by atoms with Crippen LogP contribution in [0, 0.1) is 0 Å². The lowest BCUT2D eigenvalue weighted by Crippen LogP contribution is -2.19. The second-order valence-electron chi connectivity index (χ2n) is 1.16. The van der Waals surface area contributed by atoms with Crippen LogP contribution in [0.2, 0.25) is 0 Å². The average molecular weight is 133 g/mol. The Morgan fingerprint density at radius 3 is 1.57 bits per heavy atom. The summed E-state index contributed by atoms with van der Waals surface area (Å²) in [6.45, 7) is 0.890. The third-order valence-electron chi connectivity index (χ3n) is 0.451. The van der Waals surface area contributed by atoms with Gasteiger partial charge in [0, 0.05) is 0 Å². The summed E-state index contributed by atoms with van der Waals surface area (Å²) in [4.78, 5) is 0. The zero-order valence-electron chi connectivity index (χ0n) is 3.59. The molecular formula is C3H4ClF3. The lowest BCUT2D eigenvalue weighted by atomic mass is 10.5. The SMILES string of the molecule is C[C@@H](Cl)C(F)(F)F. The van der Waals surface area contributed by atoms with Crippen molar-refractivity contribution in [1.29, 1.82) is 0 Å². The highest BCUT2D eigenvalue weighted by atomic mass is 35.5. The van der Waals surface area contributed by atoms with Crippen molar-refractivity contribution in [2.45, 2.75) is 18.5 Å². The topological polar surface area (TPSA) is 0 Å². The summed E-state index contributed by atoms with van der Waals surface area (Å²) in [5.41, 5.74) is 0. The molecule has 0 unspecified atom stereocenters. The minimum Gasteiger partial charge on any atom is -0.169 e. The quantitative estimate of drug-likeness (QED) is 0.443. The molecule has 4 heteroatoms. The van der Waals surface area contributed by atoms with Crippen LogP contribution in [0.1, 0.15) is 6.92 Å². The molecule has 0 aliphatic carbocycles. The van der Waals surface area contributed by atoms with E-state index in [1.165, 1.54) is 0 Å². The van der Waals surface area contributed by atoms with Gasteiger partial charge in [-0.3, -0.25) is 0 Å². The number of alkyl halides is 4. The molecule has 0 radical (unpaired) electrons. The van der Waals surface area contributed by atoms with Crippen molar-refractivity contribution >= 4 is 11.6 Å². The van der Waals surface area contributed by atoms with E-state index >= 15 is 0 Å². The summed E-state index contributed by atoms with van der Waals surface area (Å²) in [6, 6.07) is 0. The fourth-order valence-electron chi connectivity index (χ4n) is 0. The molecule has 1 atom stereocenters. The van der Waals surface area contributed by atoms with Crippen LogP contribution < -0.4 is 0 Å². The second-order valence-corrected chi connectivity index (χ2v) is 1.81. The van der Waals surface area contributed by atoms with E-state index < -0.39 is 11.6 Å². The van der Waals surface area contributed by atoms with E-state index in [4.69, 9.17) is 0 Å². The highest BCUT2D eigenvalue weighted by molar-refractivity contribution is 6.20. The van der Waals surface area contributed by atoms with Gasteiger partial charge in [-0.1, -0.05) is 0 Å². The van der Waals surface area contributed by atoms with Crippen molar-refractivity contribution in [3.8, 4) is 0 Å². The standard InChI is InChI=1S/C3H4ClF3/c1-2(4)3(5,6)7/h2H,1H3/t2-/m1/s1. The zero-order valence-corrected chi connectivity index (χ0v) is 4.35. The van der Waals surface area contributed by atoms with Crippen LogP contribution in [0.25, 0.3) is 0 Å². The highest BCUT2D eigenvalue weighted by Gasteiger charge is 2.33. The van der Waals surface area contributed by atoms with E-state index in [1.807, 2.05) is 0 Å². The van der Waals surface area contributed by atoms with Crippen molar-refractivity contribution in [2.75, 3.05) is 0 Å². The summed E-state index contributed by atoms with van der Waals surface area (Å²) >= 11 is 4.63. The molecule has 0 bridgehead atoms. The van der Waals surface area contributed by atoms with Crippen LogP contribution in [-0.2, 0) is 0 Å². The van der Waals surface area contributed by atoms with E-state index in [0.29, 0.717) is 0 Å². The molecule has 0 aliphatic rings. The molecule has 0 N–H and O–H groups in total. The number of hydrogen-bond donors (Lipinski definition) is 0. The van der Waals surface area contributed by atoms with Gasteiger partial charge in [0.1, 0.15) is 5.38 Å². The third kappa shape index (κ3) is 2.74. The Hall–Kier alpha value is 0.0800. The molecule has 0 saturated heterocycles. The number of halogens is 4. The first-order valence-electron chi connectivity index (χ1n) is 1.65. The van der Waals surface area contributed by atoms with Gasteiger partial charge >= 0.3 is 6.18 Å². The van der Waals surface area contributed by atoms with Crippen LogP contribution in [0.3, 0.4) is 0 Å². The monoisotopic (exact) mass is 132 g/mol. The Bertz CT molecular complexity index is 55.7. The Morgan fingerprint density at radius 1 is 1.43 bits per heavy atom. The Morgan fingerprint density at radius 2 is 1.57 bits per heavy atom. The number of rotatable bonds is 0. The summed E-state index contributed by atoms with van der Waals surface area (Å²) < 4.78 is 33.1. The summed E-state index contributed by atoms with van der Waals surface area (Å²) in [5.74, 6) is 0. The molecule has 44 valence electrons. The van der Waals surface area contributed by atoms with Crippen molar-refractivity contribution in [2.24, 2.45) is 0 Å². The van der Waals surface area contributed by atoms with Gasteiger partial charge in [0.15, 0.2) is 0 Å². The second kappa shape index (κ2) is 1.90. The molecule has 0 aromatic heterocycles. The maximum atomic E-state index is 11.0. The molecule has 0 spiro atoms. The van der Waals surface area contributed by atoms with Gasteiger partial charge in [-0.2, -0.15) is 13.2 Å². The molecule has 7 heavy (non-hydrogen) atoms. The normalized spacial score (nSPS) is 16.7. The van der Waals surface area contributed by atoms with E-state index in [1.54, 1.807) is 0 Å². The molecular weight excluding hydrogens is 128 g/mol. The molecule has 0 amide bonds. The largest absolute Gasteiger partial charge is 0.404 e. The summed E-state index contributed by atoms with van der Waals surface area (Å²) in [5, 5.41) is -1.73. The minimum atomic E-state index is -4.23. The van der Waals surface area contributed by atoms with Crippen molar-refractivity contribution < 1.29 is 13.2 Å². The first-order chi connectivity index (χ1) is 2.94. The third-order valence-corrected chi connectivity index (χ3v) is 0.698. The Balaban J connectivity index is 3.54. The molecule has 0 saturated carbocycles. The van der Waals surface area contributed by atoms with Crippen LogP contribution in [0.4, 0.5) is 13.2 Å². The fraction of sp³-hybridized carbons (Fsp3) is 1.00. The van der Waals surface area contributed by atoms with Gasteiger partial charge in [-0.15, -0.1) is 11.6 Å². The molecule has 0 heterocycles. The van der Waals surface area contributed by atoms with Crippen molar-refractivity contribution in [3.05, 3.63) is 0 Å². The van der Waals surface area contributed by atoms with Gasteiger partial charge < -0.3 is 0 Å². The molecule has 0 rings (SSSR count). The summed E-state index contributed by atoms with van der Waals surface area (Å²) in [7, 11) is 0. The highest BCUT2D eigenvalue weighted by Crippen LogP contribution is 2.23. The lowest BCUT2D eigenvalue weighted by molar-refractivity contribution is -0.127. The predicted octanol–water partition coefficient (Wildman–Crippen LogP) is 2.18. The minimum absolute atomic E-state index is 0.890. The van der Waals surface area contributed by atoms with Crippen LogP contribution in [-0.4, -0.2) is 11.6 Å². The molecule has 0 fully saturated rings. The fourth-order valence-corrected chi connectivity index (χ4v) is 0. The predicted molar refractivity (Wildman–Crippen MR) is 21.4 cm³/mol. The van der Waals surface area contributed by atoms with Gasteiger partial charge in [0.05, 0.1) is 0 Å².